The number of aryl methyl sites for hydroxylation is 1. The minimum absolute atomic E-state index is 0.282. The first-order valence-electron chi connectivity index (χ1n) is 6.63. The summed E-state index contributed by atoms with van der Waals surface area (Å²) in [6.45, 7) is 3.45. The molecule has 2 nitrogen and oxygen atoms in total. The molecule has 0 saturated carbocycles. The number of rotatable bonds is 4. The van der Waals surface area contributed by atoms with Crippen molar-refractivity contribution in [3.8, 4) is 0 Å². The van der Waals surface area contributed by atoms with Gasteiger partial charge in [0.2, 0.25) is 0 Å². The highest BCUT2D eigenvalue weighted by Gasteiger charge is 2.13. The van der Waals surface area contributed by atoms with E-state index in [1.807, 2.05) is 73.7 Å². The molecular formula is C18H18O2. The van der Waals surface area contributed by atoms with Crippen LogP contribution in [-0.4, -0.2) is 5.97 Å². The second-order valence-corrected chi connectivity index (χ2v) is 4.66. The van der Waals surface area contributed by atoms with Gasteiger partial charge in [0.25, 0.3) is 0 Å². The van der Waals surface area contributed by atoms with Crippen molar-refractivity contribution >= 4 is 12.0 Å². The van der Waals surface area contributed by atoms with Crippen molar-refractivity contribution in [1.82, 2.24) is 0 Å². The fourth-order valence-corrected chi connectivity index (χ4v) is 2.05. The van der Waals surface area contributed by atoms with Crippen LogP contribution in [0.2, 0.25) is 0 Å². The average Bonchev–Trinajstić information content (AvgIpc) is 2.45. The highest BCUT2D eigenvalue weighted by Crippen LogP contribution is 2.23. The molecule has 0 aliphatic heterocycles. The SMILES string of the molecule is CC(=O)O[C@@H](/C=C/c1ccccc1)c1ccccc1C. The molecule has 2 rings (SSSR count). The summed E-state index contributed by atoms with van der Waals surface area (Å²) in [6, 6.07) is 17.9. The van der Waals surface area contributed by atoms with Gasteiger partial charge in [0.15, 0.2) is 0 Å². The Morgan fingerprint density at radius 2 is 1.70 bits per heavy atom. The van der Waals surface area contributed by atoms with Crippen LogP contribution in [0.1, 0.15) is 29.7 Å². The summed E-state index contributed by atoms with van der Waals surface area (Å²) in [5.41, 5.74) is 3.20. The summed E-state index contributed by atoms with van der Waals surface area (Å²) in [7, 11) is 0. The van der Waals surface area contributed by atoms with E-state index in [2.05, 4.69) is 0 Å². The van der Waals surface area contributed by atoms with Crippen molar-refractivity contribution in [2.45, 2.75) is 20.0 Å². The molecule has 102 valence electrons. The lowest BCUT2D eigenvalue weighted by Crippen LogP contribution is -2.07. The van der Waals surface area contributed by atoms with Gasteiger partial charge < -0.3 is 4.74 Å². The number of esters is 1. The summed E-state index contributed by atoms with van der Waals surface area (Å²) in [5, 5.41) is 0. The van der Waals surface area contributed by atoms with E-state index in [1.165, 1.54) is 6.92 Å². The van der Waals surface area contributed by atoms with E-state index >= 15 is 0 Å². The normalized spacial score (nSPS) is 12.3. The summed E-state index contributed by atoms with van der Waals surface area (Å²) < 4.78 is 5.41. The minimum atomic E-state index is -0.353. The van der Waals surface area contributed by atoms with Crippen molar-refractivity contribution in [2.24, 2.45) is 0 Å². The molecular weight excluding hydrogens is 248 g/mol. The molecule has 0 fully saturated rings. The van der Waals surface area contributed by atoms with Gasteiger partial charge >= 0.3 is 5.97 Å². The molecule has 0 spiro atoms. The topological polar surface area (TPSA) is 26.3 Å². The molecule has 0 radical (unpaired) electrons. The Kier molecular flexibility index (Phi) is 4.72. The van der Waals surface area contributed by atoms with Gasteiger partial charge in [0.05, 0.1) is 0 Å². The summed E-state index contributed by atoms with van der Waals surface area (Å²) in [6.07, 6.45) is 3.54. The van der Waals surface area contributed by atoms with Crippen LogP contribution in [0.3, 0.4) is 0 Å². The van der Waals surface area contributed by atoms with E-state index in [-0.39, 0.29) is 12.1 Å². The standard InChI is InChI=1S/C18H18O2/c1-14-8-6-7-11-17(14)18(20-15(2)19)13-12-16-9-4-3-5-10-16/h3-13,18H,1-2H3/b13-12+/t18-/m0/s1. The molecule has 0 aliphatic carbocycles. The molecule has 2 heteroatoms. The number of ether oxygens (including phenoxy) is 1. The highest BCUT2D eigenvalue weighted by molar-refractivity contribution is 5.67. The largest absolute Gasteiger partial charge is 0.453 e. The smallest absolute Gasteiger partial charge is 0.303 e. The van der Waals surface area contributed by atoms with Crippen LogP contribution in [0, 0.1) is 6.92 Å². The van der Waals surface area contributed by atoms with Gasteiger partial charge in [-0.3, -0.25) is 4.79 Å². The molecule has 0 heterocycles. The number of benzene rings is 2. The molecule has 0 aliphatic rings. The molecule has 2 aromatic carbocycles. The predicted octanol–water partition coefficient (Wildman–Crippen LogP) is 4.31. The van der Waals surface area contributed by atoms with Crippen molar-refractivity contribution in [3.05, 3.63) is 77.4 Å². The summed E-state index contributed by atoms with van der Waals surface area (Å²) in [5.74, 6) is -0.282. The zero-order chi connectivity index (χ0) is 14.4. The maximum atomic E-state index is 11.3. The number of carbonyl (C=O) groups excluding carboxylic acids is 1. The first-order valence-corrected chi connectivity index (χ1v) is 6.63. The van der Waals surface area contributed by atoms with Crippen LogP contribution >= 0.6 is 0 Å². The second kappa shape index (κ2) is 6.71. The van der Waals surface area contributed by atoms with Crippen LogP contribution < -0.4 is 0 Å². The van der Waals surface area contributed by atoms with Crippen LogP contribution in [0.15, 0.2) is 60.7 Å². The summed E-state index contributed by atoms with van der Waals surface area (Å²) >= 11 is 0. The highest BCUT2D eigenvalue weighted by atomic mass is 16.5. The Bertz CT molecular complexity index is 600. The Hall–Kier alpha value is -2.35. The van der Waals surface area contributed by atoms with Crippen LogP contribution in [0.5, 0.6) is 0 Å². The quantitative estimate of drug-likeness (QED) is 0.771. The number of hydrogen-bond donors (Lipinski definition) is 0. The molecule has 20 heavy (non-hydrogen) atoms. The van der Waals surface area contributed by atoms with E-state index in [0.717, 1.165) is 16.7 Å². The average molecular weight is 266 g/mol. The van der Waals surface area contributed by atoms with Gasteiger partial charge in [-0.05, 0) is 29.7 Å². The van der Waals surface area contributed by atoms with E-state index in [0.29, 0.717) is 0 Å². The Balaban J connectivity index is 2.27. The first-order chi connectivity index (χ1) is 9.66. The van der Waals surface area contributed by atoms with Gasteiger partial charge in [-0.2, -0.15) is 0 Å². The van der Waals surface area contributed by atoms with Crippen molar-refractivity contribution in [1.29, 1.82) is 0 Å². The fourth-order valence-electron chi connectivity index (χ4n) is 2.05. The van der Waals surface area contributed by atoms with E-state index in [1.54, 1.807) is 0 Å². The molecule has 0 saturated heterocycles. The predicted molar refractivity (Wildman–Crippen MR) is 81.2 cm³/mol. The third-order valence-corrected chi connectivity index (χ3v) is 3.05. The monoisotopic (exact) mass is 266 g/mol. The lowest BCUT2D eigenvalue weighted by Gasteiger charge is -2.15. The zero-order valence-electron chi connectivity index (χ0n) is 11.7. The van der Waals surface area contributed by atoms with Gasteiger partial charge in [-0.25, -0.2) is 0 Å². The van der Waals surface area contributed by atoms with Crippen LogP contribution in [0.25, 0.3) is 6.08 Å². The third kappa shape index (κ3) is 3.82. The fraction of sp³-hybridized carbons (Fsp3) is 0.167. The molecule has 0 aromatic heterocycles. The molecule has 0 amide bonds. The van der Waals surface area contributed by atoms with Gasteiger partial charge in [0.1, 0.15) is 6.10 Å². The number of carbonyl (C=O) groups is 1. The lowest BCUT2D eigenvalue weighted by atomic mass is 10.0. The molecule has 1 atom stereocenters. The Morgan fingerprint density at radius 1 is 1.05 bits per heavy atom. The third-order valence-electron chi connectivity index (χ3n) is 3.05. The Labute approximate surface area is 119 Å². The molecule has 2 aromatic rings. The maximum absolute atomic E-state index is 11.3. The van der Waals surface area contributed by atoms with E-state index in [4.69, 9.17) is 4.74 Å². The lowest BCUT2D eigenvalue weighted by molar-refractivity contribution is -0.144. The molecule has 0 bridgehead atoms. The minimum Gasteiger partial charge on any atom is -0.453 e. The first kappa shape index (κ1) is 14.1. The van der Waals surface area contributed by atoms with Crippen LogP contribution in [0.4, 0.5) is 0 Å². The zero-order valence-corrected chi connectivity index (χ0v) is 11.7. The Morgan fingerprint density at radius 3 is 2.35 bits per heavy atom. The van der Waals surface area contributed by atoms with Crippen molar-refractivity contribution in [2.75, 3.05) is 0 Å². The van der Waals surface area contributed by atoms with Gasteiger partial charge in [0, 0.05) is 6.92 Å². The van der Waals surface area contributed by atoms with Crippen molar-refractivity contribution < 1.29 is 9.53 Å². The number of hydrogen-bond acceptors (Lipinski definition) is 2. The molecule has 0 unspecified atom stereocenters. The van der Waals surface area contributed by atoms with Gasteiger partial charge in [-0.1, -0.05) is 60.7 Å². The second-order valence-electron chi connectivity index (χ2n) is 4.66. The van der Waals surface area contributed by atoms with Crippen LogP contribution in [-0.2, 0) is 9.53 Å². The van der Waals surface area contributed by atoms with E-state index < -0.39 is 0 Å². The maximum Gasteiger partial charge on any atom is 0.303 e. The van der Waals surface area contributed by atoms with Crippen molar-refractivity contribution in [3.63, 3.8) is 0 Å². The van der Waals surface area contributed by atoms with Gasteiger partial charge in [-0.15, -0.1) is 0 Å². The summed E-state index contributed by atoms with van der Waals surface area (Å²) in [4.78, 5) is 11.3. The van der Waals surface area contributed by atoms with E-state index in [9.17, 15) is 4.79 Å². The molecule has 0 N–H and O–H groups in total.